The Labute approximate surface area is 150 Å². The van der Waals surface area contributed by atoms with Crippen LogP contribution in [0.25, 0.3) is 0 Å². The number of fused-ring (bicyclic) bond motifs is 1. The number of hydrogen-bond donors (Lipinski definition) is 0. The number of rotatable bonds is 5. The van der Waals surface area contributed by atoms with Gasteiger partial charge in [-0.15, -0.1) is 0 Å². The van der Waals surface area contributed by atoms with Crippen LogP contribution in [0.5, 0.6) is 11.8 Å². The van der Waals surface area contributed by atoms with Crippen molar-refractivity contribution in [2.75, 3.05) is 0 Å². The highest BCUT2D eigenvalue weighted by atomic mass is 19.1. The highest BCUT2D eigenvalue weighted by Crippen LogP contribution is 2.36. The SMILES string of the molecule is CCCn1c(Oc2ccccc2F)nc(=O)c2c1N=C(C1CCCC1)[N]2. The van der Waals surface area contributed by atoms with Gasteiger partial charge in [-0.2, -0.15) is 4.98 Å². The minimum absolute atomic E-state index is 0.0270. The van der Waals surface area contributed by atoms with Crippen LogP contribution in [0.1, 0.15) is 39.0 Å². The summed E-state index contributed by atoms with van der Waals surface area (Å²) in [5, 5.41) is 4.47. The van der Waals surface area contributed by atoms with E-state index >= 15 is 0 Å². The zero-order valence-electron chi connectivity index (χ0n) is 14.6. The standard InChI is InChI=1S/C19H20FN4O2/c1-2-11-24-17-15(21-16(22-17)12-7-3-4-8-12)18(25)23-19(24)26-14-10-6-5-9-13(14)20/h5-6,9-10,12H,2-4,7-8,11H2,1H3. The first-order valence-corrected chi connectivity index (χ1v) is 9.05. The van der Waals surface area contributed by atoms with Gasteiger partial charge in [0, 0.05) is 12.5 Å². The summed E-state index contributed by atoms with van der Waals surface area (Å²) in [6, 6.07) is 6.10. The highest BCUT2D eigenvalue weighted by Gasteiger charge is 2.31. The fourth-order valence-corrected chi connectivity index (χ4v) is 3.47. The molecule has 0 spiro atoms. The summed E-state index contributed by atoms with van der Waals surface area (Å²) in [6.07, 6.45) is 5.21. The van der Waals surface area contributed by atoms with E-state index in [0.717, 1.165) is 32.1 Å². The molecule has 0 saturated heterocycles. The van der Waals surface area contributed by atoms with E-state index in [1.165, 1.54) is 12.1 Å². The lowest BCUT2D eigenvalue weighted by Gasteiger charge is -2.14. The number of amidine groups is 1. The second kappa shape index (κ2) is 6.90. The number of halogens is 1. The Bertz CT molecular complexity index is 916. The van der Waals surface area contributed by atoms with E-state index in [-0.39, 0.29) is 17.4 Å². The summed E-state index contributed by atoms with van der Waals surface area (Å²) >= 11 is 0. The Morgan fingerprint density at radius 1 is 1.27 bits per heavy atom. The van der Waals surface area contributed by atoms with Gasteiger partial charge in [0.2, 0.25) is 0 Å². The first-order chi connectivity index (χ1) is 12.7. The molecule has 1 aliphatic heterocycles. The predicted molar refractivity (Wildman–Crippen MR) is 96.1 cm³/mol. The molecule has 0 N–H and O–H groups in total. The zero-order chi connectivity index (χ0) is 18.1. The van der Waals surface area contributed by atoms with Crippen LogP contribution >= 0.6 is 0 Å². The van der Waals surface area contributed by atoms with Crippen molar-refractivity contribution < 1.29 is 9.13 Å². The van der Waals surface area contributed by atoms with E-state index in [1.54, 1.807) is 16.7 Å². The maximum Gasteiger partial charge on any atom is 0.307 e. The molecule has 1 aromatic heterocycles. The molecule has 0 bridgehead atoms. The van der Waals surface area contributed by atoms with Gasteiger partial charge in [-0.05, 0) is 31.4 Å². The number of para-hydroxylation sites is 1. The number of ether oxygens (including phenoxy) is 1. The maximum atomic E-state index is 13.9. The van der Waals surface area contributed by atoms with E-state index in [2.05, 4.69) is 15.3 Å². The molecule has 0 unspecified atom stereocenters. The smallest absolute Gasteiger partial charge is 0.307 e. The molecule has 2 aliphatic rings. The lowest BCUT2D eigenvalue weighted by atomic mass is 10.1. The van der Waals surface area contributed by atoms with Crippen molar-refractivity contribution in [2.45, 2.75) is 45.6 Å². The summed E-state index contributed by atoms with van der Waals surface area (Å²) in [5.41, 5.74) is -0.225. The molecule has 1 fully saturated rings. The molecular formula is C19H20FN4O2. The van der Waals surface area contributed by atoms with Crippen LogP contribution in [0, 0.1) is 11.7 Å². The van der Waals surface area contributed by atoms with Crippen LogP contribution in [0.2, 0.25) is 0 Å². The van der Waals surface area contributed by atoms with Gasteiger partial charge in [0.15, 0.2) is 23.1 Å². The maximum absolute atomic E-state index is 13.9. The van der Waals surface area contributed by atoms with Gasteiger partial charge >= 0.3 is 11.6 Å². The van der Waals surface area contributed by atoms with E-state index in [9.17, 15) is 9.18 Å². The van der Waals surface area contributed by atoms with Crippen molar-refractivity contribution in [2.24, 2.45) is 10.9 Å². The predicted octanol–water partition coefficient (Wildman–Crippen LogP) is 4.05. The molecule has 7 heteroatoms. The molecule has 2 aromatic rings. The molecule has 1 saturated carbocycles. The number of aromatic nitrogens is 2. The van der Waals surface area contributed by atoms with Gasteiger partial charge in [0.1, 0.15) is 5.84 Å². The number of nitrogens with zero attached hydrogens (tertiary/aromatic N) is 4. The minimum Gasteiger partial charge on any atom is -0.422 e. The third-order valence-corrected chi connectivity index (χ3v) is 4.75. The van der Waals surface area contributed by atoms with Gasteiger partial charge < -0.3 is 4.74 Å². The molecule has 0 atom stereocenters. The van der Waals surface area contributed by atoms with Gasteiger partial charge in [0.05, 0.1) is 0 Å². The van der Waals surface area contributed by atoms with Crippen LogP contribution in [0.15, 0.2) is 34.1 Å². The second-order valence-electron chi connectivity index (χ2n) is 6.62. The van der Waals surface area contributed by atoms with Crippen LogP contribution in [-0.4, -0.2) is 15.4 Å². The Balaban J connectivity index is 1.76. The van der Waals surface area contributed by atoms with Crippen molar-refractivity contribution in [1.82, 2.24) is 14.9 Å². The summed E-state index contributed by atoms with van der Waals surface area (Å²) in [4.78, 5) is 21.1. The Morgan fingerprint density at radius 2 is 2.04 bits per heavy atom. The molecule has 2 heterocycles. The van der Waals surface area contributed by atoms with Crippen molar-refractivity contribution in [3.05, 3.63) is 40.4 Å². The molecule has 1 radical (unpaired) electrons. The van der Waals surface area contributed by atoms with Crippen molar-refractivity contribution >= 4 is 17.3 Å². The number of hydrogen-bond acceptors (Lipinski definition) is 4. The van der Waals surface area contributed by atoms with Gasteiger partial charge in [-0.25, -0.2) is 14.7 Å². The van der Waals surface area contributed by atoms with Crippen molar-refractivity contribution in [3.63, 3.8) is 0 Å². The van der Waals surface area contributed by atoms with E-state index in [4.69, 9.17) is 4.74 Å². The highest BCUT2D eigenvalue weighted by molar-refractivity contribution is 5.96. The Kier molecular flexibility index (Phi) is 4.44. The molecule has 4 rings (SSSR count). The van der Waals surface area contributed by atoms with Gasteiger partial charge in [-0.1, -0.05) is 31.9 Å². The topological polar surface area (TPSA) is 70.6 Å². The van der Waals surface area contributed by atoms with E-state index in [0.29, 0.717) is 24.1 Å². The lowest BCUT2D eigenvalue weighted by Crippen LogP contribution is -2.21. The third kappa shape index (κ3) is 2.98. The van der Waals surface area contributed by atoms with Crippen molar-refractivity contribution in [3.8, 4) is 11.8 Å². The van der Waals surface area contributed by atoms with Gasteiger partial charge in [-0.3, -0.25) is 9.36 Å². The summed E-state index contributed by atoms with van der Waals surface area (Å²) in [5.74, 6) is 1.00. The fourth-order valence-electron chi connectivity index (χ4n) is 3.47. The molecule has 26 heavy (non-hydrogen) atoms. The largest absolute Gasteiger partial charge is 0.422 e. The second-order valence-corrected chi connectivity index (χ2v) is 6.62. The lowest BCUT2D eigenvalue weighted by molar-refractivity contribution is 0.379. The number of benzene rings is 1. The summed E-state index contributed by atoms with van der Waals surface area (Å²) < 4.78 is 21.3. The molecule has 1 aliphatic carbocycles. The van der Waals surface area contributed by atoms with Crippen LogP contribution in [-0.2, 0) is 6.54 Å². The molecule has 0 amide bonds. The van der Waals surface area contributed by atoms with E-state index in [1.807, 2.05) is 6.92 Å². The third-order valence-electron chi connectivity index (χ3n) is 4.75. The minimum atomic E-state index is -0.509. The molecule has 135 valence electrons. The quantitative estimate of drug-likeness (QED) is 0.812. The monoisotopic (exact) mass is 355 g/mol. The zero-order valence-corrected chi connectivity index (χ0v) is 14.6. The average Bonchev–Trinajstić information content (AvgIpc) is 3.30. The van der Waals surface area contributed by atoms with Crippen molar-refractivity contribution in [1.29, 1.82) is 0 Å². The molecule has 1 aromatic carbocycles. The summed E-state index contributed by atoms with van der Waals surface area (Å²) in [6.45, 7) is 2.56. The first kappa shape index (κ1) is 16.8. The van der Waals surface area contributed by atoms with Gasteiger partial charge in [0.25, 0.3) is 0 Å². The number of aliphatic imine (C=N–C) groups is 1. The van der Waals surface area contributed by atoms with Crippen LogP contribution in [0.3, 0.4) is 0 Å². The molecule has 6 nitrogen and oxygen atoms in total. The Morgan fingerprint density at radius 3 is 2.77 bits per heavy atom. The van der Waals surface area contributed by atoms with Crippen LogP contribution < -0.4 is 15.6 Å². The van der Waals surface area contributed by atoms with Crippen LogP contribution in [0.4, 0.5) is 15.9 Å². The molecular weight excluding hydrogens is 335 g/mol. The average molecular weight is 355 g/mol. The fraction of sp³-hybridized carbons (Fsp3) is 0.421. The first-order valence-electron chi connectivity index (χ1n) is 9.05. The normalized spacial score (nSPS) is 16.3. The summed E-state index contributed by atoms with van der Waals surface area (Å²) in [7, 11) is 0. The Hall–Kier alpha value is -2.70. The van der Waals surface area contributed by atoms with E-state index < -0.39 is 11.4 Å².